The molecule has 0 aliphatic carbocycles. The monoisotopic (exact) mass is 665 g/mol. The van der Waals surface area contributed by atoms with E-state index in [0.717, 1.165) is 28.2 Å². The van der Waals surface area contributed by atoms with E-state index in [-0.39, 0.29) is 31.2 Å². The molecule has 0 bridgehead atoms. The molecule has 4 aromatic carbocycles. The van der Waals surface area contributed by atoms with Gasteiger partial charge in [-0.3, -0.25) is 0 Å². The zero-order valence-electron chi connectivity index (χ0n) is 25.2. The van der Waals surface area contributed by atoms with Crippen LogP contribution >= 0.6 is 23.2 Å². The second kappa shape index (κ2) is 14.7. The van der Waals surface area contributed by atoms with Gasteiger partial charge in [0.15, 0.2) is 0 Å². The first-order valence-corrected chi connectivity index (χ1v) is 16.4. The fraction of sp³-hybridized carbons (Fsp3) is 0.257. The summed E-state index contributed by atoms with van der Waals surface area (Å²) in [5, 5.41) is 0.598. The van der Waals surface area contributed by atoms with E-state index in [2.05, 4.69) is 11.8 Å². The molecule has 4 aromatic rings. The first-order chi connectivity index (χ1) is 21.7. The fourth-order valence-electron chi connectivity index (χ4n) is 4.96. The van der Waals surface area contributed by atoms with Gasteiger partial charge in [0.25, 0.3) is 0 Å². The number of methoxy groups -OCH3 is 2. The molecule has 0 atom stereocenters. The smallest absolute Gasteiger partial charge is 0.243 e. The summed E-state index contributed by atoms with van der Waals surface area (Å²) >= 11 is 13.6. The molecule has 0 amide bonds. The van der Waals surface area contributed by atoms with E-state index < -0.39 is 10.0 Å². The number of hydrogen-bond donors (Lipinski definition) is 0. The molecule has 0 aromatic heterocycles. The topological polar surface area (TPSA) is 74.3 Å². The molecule has 45 heavy (non-hydrogen) atoms. The van der Waals surface area contributed by atoms with E-state index in [1.54, 1.807) is 38.5 Å². The van der Waals surface area contributed by atoms with Gasteiger partial charge in [-0.15, -0.1) is 0 Å². The van der Waals surface area contributed by atoms with Crippen molar-refractivity contribution in [1.82, 2.24) is 4.31 Å². The van der Waals surface area contributed by atoms with Crippen LogP contribution in [0, 0.1) is 18.8 Å². The summed E-state index contributed by atoms with van der Waals surface area (Å²) in [6.45, 7) is 3.06. The molecule has 234 valence electrons. The first kappa shape index (κ1) is 32.8. The summed E-state index contributed by atoms with van der Waals surface area (Å²) in [6, 6.07) is 22.0. The molecule has 0 spiro atoms. The van der Waals surface area contributed by atoms with E-state index in [9.17, 15) is 8.42 Å². The maximum absolute atomic E-state index is 13.6. The maximum atomic E-state index is 13.6. The third-order valence-corrected chi connectivity index (χ3v) is 10.2. The Morgan fingerprint density at radius 1 is 0.733 bits per heavy atom. The van der Waals surface area contributed by atoms with Crippen molar-refractivity contribution < 1.29 is 27.4 Å². The number of rotatable bonds is 11. The lowest BCUT2D eigenvalue weighted by atomic mass is 9.98. The zero-order chi connectivity index (χ0) is 32.0. The molecular formula is C35H33Cl2NO6S. The minimum Gasteiger partial charge on any atom is -0.497 e. The van der Waals surface area contributed by atoms with Gasteiger partial charge < -0.3 is 18.9 Å². The number of halogens is 2. The fourth-order valence-corrected chi connectivity index (χ4v) is 6.89. The van der Waals surface area contributed by atoms with Crippen molar-refractivity contribution in [3.8, 4) is 23.3 Å². The lowest BCUT2D eigenvalue weighted by molar-refractivity contribution is 0.107. The van der Waals surface area contributed by atoms with Crippen molar-refractivity contribution in [2.45, 2.75) is 44.7 Å². The normalized spacial score (nSPS) is 12.8. The Balaban J connectivity index is 1.41. The number of aryl methyl sites for hydroxylation is 1. The van der Waals surface area contributed by atoms with Crippen molar-refractivity contribution in [2.75, 3.05) is 20.8 Å². The SMILES string of the molecule is COc1ccc(COCC#Cc2c(COCc3ccc(OC)cc3)c(Cl)c(Cl)c3c2CN(S(=O)(=O)c2ccc(C)cc2)C3)cc1. The van der Waals surface area contributed by atoms with Crippen LogP contribution in [0.25, 0.3) is 0 Å². The van der Waals surface area contributed by atoms with Crippen LogP contribution in [0.1, 0.15) is 38.9 Å². The van der Waals surface area contributed by atoms with Crippen molar-refractivity contribution in [3.63, 3.8) is 0 Å². The summed E-state index contributed by atoms with van der Waals surface area (Å²) in [4.78, 5) is 0.214. The molecule has 0 unspecified atom stereocenters. The average Bonchev–Trinajstić information content (AvgIpc) is 3.52. The van der Waals surface area contributed by atoms with Crippen molar-refractivity contribution in [3.05, 3.63) is 122 Å². The number of ether oxygens (including phenoxy) is 4. The summed E-state index contributed by atoms with van der Waals surface area (Å²) in [5.74, 6) is 7.82. The summed E-state index contributed by atoms with van der Waals surface area (Å²) in [6.07, 6.45) is 0. The first-order valence-electron chi connectivity index (χ1n) is 14.2. The van der Waals surface area contributed by atoms with Gasteiger partial charge in [-0.1, -0.05) is 77.0 Å². The van der Waals surface area contributed by atoms with Gasteiger partial charge in [-0.05, 0) is 65.6 Å². The van der Waals surface area contributed by atoms with E-state index in [4.69, 9.17) is 42.1 Å². The number of sulfonamides is 1. The van der Waals surface area contributed by atoms with E-state index in [0.29, 0.717) is 45.5 Å². The standard InChI is InChI=1S/C35H33Cl2NO6S/c1-24-6-16-29(17-7-24)45(39,40)38-19-31-30(5-4-18-43-21-25-8-12-27(41-2)13-9-25)33(35(37)34(36)32(31)20-38)23-44-22-26-10-14-28(42-3)15-11-26/h6-17H,18-23H2,1-3H3. The van der Waals surface area contributed by atoms with Crippen LogP contribution in [0.5, 0.6) is 11.5 Å². The van der Waals surface area contributed by atoms with Gasteiger partial charge in [0.1, 0.15) is 18.1 Å². The van der Waals surface area contributed by atoms with Gasteiger partial charge in [-0.25, -0.2) is 8.42 Å². The van der Waals surface area contributed by atoms with Crippen LogP contribution in [0.15, 0.2) is 77.7 Å². The van der Waals surface area contributed by atoms with Crippen LogP contribution in [-0.4, -0.2) is 33.5 Å². The Kier molecular flexibility index (Phi) is 10.7. The van der Waals surface area contributed by atoms with Crippen LogP contribution in [0.3, 0.4) is 0 Å². The van der Waals surface area contributed by atoms with Gasteiger partial charge >= 0.3 is 0 Å². The highest BCUT2D eigenvalue weighted by atomic mass is 35.5. The molecule has 0 fully saturated rings. The van der Waals surface area contributed by atoms with Gasteiger partial charge in [0.05, 0.1) is 49.0 Å². The van der Waals surface area contributed by atoms with Crippen molar-refractivity contribution >= 4 is 33.2 Å². The number of benzene rings is 4. The zero-order valence-corrected chi connectivity index (χ0v) is 27.6. The van der Waals surface area contributed by atoms with Crippen LogP contribution < -0.4 is 9.47 Å². The molecular weight excluding hydrogens is 633 g/mol. The van der Waals surface area contributed by atoms with E-state index in [1.165, 1.54) is 4.31 Å². The Bertz CT molecular complexity index is 1810. The third-order valence-electron chi connectivity index (χ3n) is 7.51. The van der Waals surface area contributed by atoms with Crippen molar-refractivity contribution in [2.24, 2.45) is 0 Å². The Morgan fingerprint density at radius 2 is 1.29 bits per heavy atom. The molecule has 1 aliphatic rings. The molecule has 0 saturated heterocycles. The molecule has 10 heteroatoms. The minimum absolute atomic E-state index is 0.0831. The largest absolute Gasteiger partial charge is 0.497 e. The highest BCUT2D eigenvalue weighted by Crippen LogP contribution is 2.42. The average molecular weight is 667 g/mol. The van der Waals surface area contributed by atoms with Crippen LogP contribution in [0.2, 0.25) is 10.0 Å². The van der Waals surface area contributed by atoms with Crippen LogP contribution in [0.4, 0.5) is 0 Å². The Morgan fingerprint density at radius 3 is 1.87 bits per heavy atom. The predicted octanol–water partition coefficient (Wildman–Crippen LogP) is 7.31. The predicted molar refractivity (Wildman–Crippen MR) is 175 cm³/mol. The second-order valence-electron chi connectivity index (χ2n) is 10.5. The number of fused-ring (bicyclic) bond motifs is 1. The molecule has 0 radical (unpaired) electrons. The lowest BCUT2D eigenvalue weighted by Crippen LogP contribution is -2.25. The third kappa shape index (κ3) is 7.64. The summed E-state index contributed by atoms with van der Waals surface area (Å²) in [5.41, 5.74) is 5.46. The molecule has 1 heterocycles. The number of hydrogen-bond acceptors (Lipinski definition) is 6. The number of nitrogens with zero attached hydrogens (tertiary/aromatic N) is 1. The maximum Gasteiger partial charge on any atom is 0.243 e. The van der Waals surface area contributed by atoms with E-state index >= 15 is 0 Å². The quantitative estimate of drug-likeness (QED) is 0.124. The van der Waals surface area contributed by atoms with Gasteiger partial charge in [0.2, 0.25) is 10.0 Å². The molecule has 0 saturated carbocycles. The molecule has 5 rings (SSSR count). The van der Waals surface area contributed by atoms with Gasteiger partial charge in [0, 0.05) is 24.2 Å². The molecule has 0 N–H and O–H groups in total. The Hall–Kier alpha value is -3.55. The Labute approximate surface area is 274 Å². The molecule has 7 nitrogen and oxygen atoms in total. The minimum atomic E-state index is -3.80. The highest BCUT2D eigenvalue weighted by Gasteiger charge is 2.35. The van der Waals surface area contributed by atoms with E-state index in [1.807, 2.05) is 55.5 Å². The van der Waals surface area contributed by atoms with Crippen LogP contribution in [-0.2, 0) is 52.4 Å². The van der Waals surface area contributed by atoms with Gasteiger partial charge in [-0.2, -0.15) is 4.31 Å². The second-order valence-corrected chi connectivity index (χ2v) is 13.2. The summed E-state index contributed by atoms with van der Waals surface area (Å²) < 4.78 is 50.9. The molecule has 1 aliphatic heterocycles. The highest BCUT2D eigenvalue weighted by molar-refractivity contribution is 7.89. The van der Waals surface area contributed by atoms with Crippen molar-refractivity contribution in [1.29, 1.82) is 0 Å². The lowest BCUT2D eigenvalue weighted by Gasteiger charge is -2.16. The summed E-state index contributed by atoms with van der Waals surface area (Å²) in [7, 11) is -0.560.